The Morgan fingerprint density at radius 3 is 2.70 bits per heavy atom. The second kappa shape index (κ2) is 7.20. The van der Waals surface area contributed by atoms with Gasteiger partial charge in [-0.1, -0.05) is 6.07 Å². The van der Waals surface area contributed by atoms with Crippen molar-refractivity contribution in [2.24, 2.45) is 5.92 Å². The Morgan fingerprint density at radius 2 is 2.13 bits per heavy atom. The number of hydrogen-bond donors (Lipinski definition) is 3. The first-order chi connectivity index (χ1) is 11.1. The first-order valence-corrected chi connectivity index (χ1v) is 9.41. The van der Waals surface area contributed by atoms with Gasteiger partial charge in [0.15, 0.2) is 0 Å². The van der Waals surface area contributed by atoms with E-state index in [-0.39, 0.29) is 18.7 Å². The third-order valence-corrected chi connectivity index (χ3v) is 5.95. The minimum Gasteiger partial charge on any atom is -0.394 e. The highest BCUT2D eigenvalue weighted by Gasteiger charge is 2.42. The molecule has 3 N–H and O–H groups in total. The van der Waals surface area contributed by atoms with Crippen molar-refractivity contribution in [2.45, 2.75) is 50.7 Å². The van der Waals surface area contributed by atoms with Gasteiger partial charge in [-0.05, 0) is 50.0 Å². The van der Waals surface area contributed by atoms with Crippen LogP contribution in [0.5, 0.6) is 0 Å². The summed E-state index contributed by atoms with van der Waals surface area (Å²) in [5.74, 6) is 0.422. The number of amides is 2. The lowest BCUT2D eigenvalue weighted by Gasteiger charge is -2.34. The molecule has 128 valence electrons. The standard InChI is InChI=1S/C17H27N3O2S/c1-17(12-21,13-4-5-13)19-16(22)18-14-6-8-20(9-7-14)11-15-3-2-10-23-15/h2-3,10,13-14,21H,4-9,11-12H2,1H3,(H2,18,19,22)/t17-/m1/s1. The molecule has 1 aliphatic heterocycles. The van der Waals surface area contributed by atoms with Gasteiger partial charge in [0.2, 0.25) is 0 Å². The molecular weight excluding hydrogens is 310 g/mol. The molecule has 1 atom stereocenters. The topological polar surface area (TPSA) is 64.6 Å². The molecule has 2 heterocycles. The van der Waals surface area contributed by atoms with Crippen LogP contribution >= 0.6 is 11.3 Å². The molecule has 0 unspecified atom stereocenters. The smallest absolute Gasteiger partial charge is 0.315 e. The molecule has 5 nitrogen and oxygen atoms in total. The summed E-state index contributed by atoms with van der Waals surface area (Å²) in [6.07, 6.45) is 4.16. The van der Waals surface area contributed by atoms with Crippen molar-refractivity contribution < 1.29 is 9.90 Å². The molecule has 0 spiro atoms. The van der Waals surface area contributed by atoms with E-state index in [2.05, 4.69) is 33.0 Å². The third kappa shape index (κ3) is 4.46. The molecule has 1 saturated carbocycles. The molecule has 0 radical (unpaired) electrons. The SMILES string of the molecule is C[C@](CO)(NC(=O)NC1CCN(Cc2cccs2)CC1)C1CC1. The van der Waals surface area contributed by atoms with Crippen molar-refractivity contribution >= 4 is 17.4 Å². The Labute approximate surface area is 142 Å². The van der Waals surface area contributed by atoms with Crippen molar-refractivity contribution in [3.63, 3.8) is 0 Å². The molecule has 3 rings (SSSR count). The van der Waals surface area contributed by atoms with E-state index in [1.165, 1.54) is 4.88 Å². The van der Waals surface area contributed by atoms with Crippen LogP contribution in [0.3, 0.4) is 0 Å². The average Bonchev–Trinajstić information content (AvgIpc) is 3.28. The molecule has 1 aliphatic carbocycles. The van der Waals surface area contributed by atoms with Crippen LogP contribution in [0.25, 0.3) is 0 Å². The van der Waals surface area contributed by atoms with Crippen molar-refractivity contribution in [3.8, 4) is 0 Å². The lowest BCUT2D eigenvalue weighted by molar-refractivity contribution is 0.149. The molecule has 1 saturated heterocycles. The highest BCUT2D eigenvalue weighted by molar-refractivity contribution is 7.09. The summed E-state index contributed by atoms with van der Waals surface area (Å²) in [6, 6.07) is 4.37. The molecular formula is C17H27N3O2S. The Bertz CT molecular complexity index is 510. The molecule has 1 aromatic rings. The maximum atomic E-state index is 12.2. The quantitative estimate of drug-likeness (QED) is 0.745. The van der Waals surface area contributed by atoms with Crippen LogP contribution in [0.2, 0.25) is 0 Å². The summed E-state index contributed by atoms with van der Waals surface area (Å²) in [6.45, 7) is 4.99. The van der Waals surface area contributed by atoms with Gasteiger partial charge in [0.1, 0.15) is 0 Å². The molecule has 0 aromatic carbocycles. The zero-order valence-corrected chi connectivity index (χ0v) is 14.6. The fourth-order valence-corrected chi connectivity index (χ4v) is 4.08. The number of hydrogen-bond acceptors (Lipinski definition) is 4. The predicted molar refractivity (Wildman–Crippen MR) is 92.5 cm³/mol. The third-order valence-electron chi connectivity index (χ3n) is 5.09. The molecule has 0 bridgehead atoms. The van der Waals surface area contributed by atoms with E-state index < -0.39 is 5.54 Å². The van der Waals surface area contributed by atoms with Crippen molar-refractivity contribution in [3.05, 3.63) is 22.4 Å². The summed E-state index contributed by atoms with van der Waals surface area (Å²) in [4.78, 5) is 16.1. The van der Waals surface area contributed by atoms with Gasteiger partial charge in [-0.25, -0.2) is 4.79 Å². The number of carbonyl (C=O) groups excluding carboxylic acids is 1. The highest BCUT2D eigenvalue weighted by atomic mass is 32.1. The molecule has 2 aliphatic rings. The number of urea groups is 1. The number of piperidine rings is 1. The second-order valence-corrected chi connectivity index (χ2v) is 8.11. The molecule has 1 aromatic heterocycles. The number of carbonyl (C=O) groups is 1. The van der Waals surface area contributed by atoms with Crippen LogP contribution < -0.4 is 10.6 Å². The first-order valence-electron chi connectivity index (χ1n) is 8.53. The number of rotatable bonds is 6. The molecule has 2 fully saturated rings. The van der Waals surface area contributed by atoms with Gasteiger partial charge >= 0.3 is 6.03 Å². The second-order valence-electron chi connectivity index (χ2n) is 7.08. The van der Waals surface area contributed by atoms with Crippen LogP contribution in [0, 0.1) is 5.92 Å². The minimum atomic E-state index is -0.468. The Hall–Kier alpha value is -1.11. The van der Waals surface area contributed by atoms with Gasteiger partial charge in [-0.15, -0.1) is 11.3 Å². The lowest BCUT2D eigenvalue weighted by atomic mass is 9.97. The van der Waals surface area contributed by atoms with Gasteiger partial charge < -0.3 is 15.7 Å². The van der Waals surface area contributed by atoms with Crippen molar-refractivity contribution in [1.29, 1.82) is 0 Å². The molecule has 2 amide bonds. The van der Waals surface area contributed by atoms with Crippen molar-refractivity contribution in [2.75, 3.05) is 19.7 Å². The zero-order valence-electron chi connectivity index (χ0n) is 13.8. The van der Waals surface area contributed by atoms with Crippen LogP contribution in [-0.4, -0.2) is 47.3 Å². The lowest BCUT2D eigenvalue weighted by Crippen LogP contribution is -2.56. The first kappa shape index (κ1) is 16.7. The van der Waals surface area contributed by atoms with E-state index in [1.807, 2.05) is 6.92 Å². The fourth-order valence-electron chi connectivity index (χ4n) is 3.33. The number of nitrogens with zero attached hydrogens (tertiary/aromatic N) is 1. The number of thiophene rings is 1. The van der Waals surface area contributed by atoms with E-state index in [4.69, 9.17) is 0 Å². The van der Waals surface area contributed by atoms with E-state index >= 15 is 0 Å². The van der Waals surface area contributed by atoms with Gasteiger partial charge in [0, 0.05) is 30.6 Å². The average molecular weight is 337 g/mol. The summed E-state index contributed by atoms with van der Waals surface area (Å²) < 4.78 is 0. The van der Waals surface area contributed by atoms with Gasteiger partial charge in [0.25, 0.3) is 0 Å². The normalized spacial score (nSPS) is 22.5. The highest BCUT2D eigenvalue weighted by Crippen LogP contribution is 2.39. The summed E-state index contributed by atoms with van der Waals surface area (Å²) >= 11 is 1.80. The monoisotopic (exact) mass is 337 g/mol. The van der Waals surface area contributed by atoms with Crippen LogP contribution in [-0.2, 0) is 6.54 Å². The van der Waals surface area contributed by atoms with Crippen LogP contribution in [0.15, 0.2) is 17.5 Å². The number of aliphatic hydroxyl groups is 1. The van der Waals surface area contributed by atoms with Gasteiger partial charge in [-0.2, -0.15) is 0 Å². The largest absolute Gasteiger partial charge is 0.394 e. The predicted octanol–water partition coefficient (Wildman–Crippen LogP) is 2.17. The maximum absolute atomic E-state index is 12.2. The maximum Gasteiger partial charge on any atom is 0.315 e. The molecule has 23 heavy (non-hydrogen) atoms. The summed E-state index contributed by atoms with van der Waals surface area (Å²) in [7, 11) is 0. The van der Waals surface area contributed by atoms with E-state index in [0.29, 0.717) is 5.92 Å². The van der Waals surface area contributed by atoms with E-state index in [0.717, 1.165) is 45.3 Å². The van der Waals surface area contributed by atoms with Crippen molar-refractivity contribution in [1.82, 2.24) is 15.5 Å². The number of nitrogens with one attached hydrogen (secondary N) is 2. The van der Waals surface area contributed by atoms with E-state index in [9.17, 15) is 9.90 Å². The van der Waals surface area contributed by atoms with E-state index in [1.54, 1.807) is 11.3 Å². The van der Waals surface area contributed by atoms with Gasteiger partial charge in [0.05, 0.1) is 12.1 Å². The Balaban J connectivity index is 1.40. The Morgan fingerprint density at radius 1 is 1.39 bits per heavy atom. The summed E-state index contributed by atoms with van der Waals surface area (Å²) in [5.41, 5.74) is -0.468. The Kier molecular flexibility index (Phi) is 5.24. The number of aliphatic hydroxyl groups excluding tert-OH is 1. The minimum absolute atomic E-state index is 0.00431. The zero-order chi connectivity index (χ0) is 16.3. The van der Waals surface area contributed by atoms with Crippen LogP contribution in [0.4, 0.5) is 4.79 Å². The fraction of sp³-hybridized carbons (Fsp3) is 0.706. The van der Waals surface area contributed by atoms with Gasteiger partial charge in [-0.3, -0.25) is 4.90 Å². The summed E-state index contributed by atoms with van der Waals surface area (Å²) in [5, 5.41) is 17.8. The number of likely N-dealkylation sites (tertiary alicyclic amines) is 1. The molecule has 6 heteroatoms. The van der Waals surface area contributed by atoms with Crippen LogP contribution in [0.1, 0.15) is 37.5 Å².